The summed E-state index contributed by atoms with van der Waals surface area (Å²) in [6.45, 7) is 5.66. The summed E-state index contributed by atoms with van der Waals surface area (Å²) >= 11 is 0. The van der Waals surface area contributed by atoms with E-state index in [0.29, 0.717) is 19.6 Å². The van der Waals surface area contributed by atoms with E-state index < -0.39 is 11.8 Å². The maximum absolute atomic E-state index is 12.1. The molecule has 0 fully saturated rings. The van der Waals surface area contributed by atoms with Crippen molar-refractivity contribution in [2.45, 2.75) is 39.7 Å². The molecule has 0 saturated heterocycles. The van der Waals surface area contributed by atoms with Crippen LogP contribution in [0.3, 0.4) is 0 Å². The summed E-state index contributed by atoms with van der Waals surface area (Å²) in [5.74, 6) is -0.984. The Labute approximate surface area is 120 Å². The minimum absolute atomic E-state index is 0.326. The van der Waals surface area contributed by atoms with Gasteiger partial charge in [-0.3, -0.25) is 14.6 Å². The van der Waals surface area contributed by atoms with Crippen LogP contribution in [0.4, 0.5) is 0 Å². The molecule has 0 aliphatic rings. The van der Waals surface area contributed by atoms with Gasteiger partial charge in [-0.05, 0) is 24.5 Å². The van der Waals surface area contributed by atoms with Crippen molar-refractivity contribution in [3.05, 3.63) is 30.1 Å². The van der Waals surface area contributed by atoms with Crippen LogP contribution < -0.4 is 5.32 Å². The zero-order chi connectivity index (χ0) is 14.8. The number of aromatic nitrogens is 1. The molecular formula is C15H23N3O2. The minimum Gasteiger partial charge on any atom is -0.344 e. The van der Waals surface area contributed by atoms with Gasteiger partial charge in [0.25, 0.3) is 0 Å². The predicted octanol–water partition coefficient (Wildman–Crippen LogP) is 1.74. The molecule has 1 aromatic rings. The van der Waals surface area contributed by atoms with Crippen molar-refractivity contribution in [2.75, 3.05) is 13.1 Å². The highest BCUT2D eigenvalue weighted by Gasteiger charge is 2.20. The first-order chi connectivity index (χ1) is 9.69. The molecule has 1 heterocycles. The van der Waals surface area contributed by atoms with E-state index in [-0.39, 0.29) is 0 Å². The molecule has 1 rings (SSSR count). The van der Waals surface area contributed by atoms with Gasteiger partial charge >= 0.3 is 11.8 Å². The number of amides is 2. The molecule has 110 valence electrons. The van der Waals surface area contributed by atoms with E-state index in [4.69, 9.17) is 0 Å². The van der Waals surface area contributed by atoms with Gasteiger partial charge in [0.2, 0.25) is 0 Å². The van der Waals surface area contributed by atoms with E-state index in [1.165, 1.54) is 0 Å². The van der Waals surface area contributed by atoms with Crippen LogP contribution in [0.2, 0.25) is 0 Å². The van der Waals surface area contributed by atoms with Crippen molar-refractivity contribution in [1.29, 1.82) is 0 Å². The van der Waals surface area contributed by atoms with Gasteiger partial charge < -0.3 is 10.2 Å². The Morgan fingerprint density at radius 1 is 1.25 bits per heavy atom. The quantitative estimate of drug-likeness (QED) is 0.772. The maximum Gasteiger partial charge on any atom is 0.311 e. The molecule has 0 aliphatic carbocycles. The molecule has 5 heteroatoms. The molecule has 1 N–H and O–H groups in total. The largest absolute Gasteiger partial charge is 0.344 e. The van der Waals surface area contributed by atoms with Crippen molar-refractivity contribution in [3.8, 4) is 0 Å². The first kappa shape index (κ1) is 16.1. The first-order valence-electron chi connectivity index (χ1n) is 7.15. The summed E-state index contributed by atoms with van der Waals surface area (Å²) in [5, 5.41) is 2.64. The van der Waals surface area contributed by atoms with Crippen LogP contribution in [0, 0.1) is 0 Å². The first-order valence-corrected chi connectivity index (χ1v) is 7.15. The maximum atomic E-state index is 12.1. The number of carbonyl (C=O) groups excluding carboxylic acids is 2. The molecule has 0 radical (unpaired) electrons. The lowest BCUT2D eigenvalue weighted by Crippen LogP contribution is -2.43. The van der Waals surface area contributed by atoms with Gasteiger partial charge in [-0.2, -0.15) is 0 Å². The third kappa shape index (κ3) is 5.38. The molecule has 0 bridgehead atoms. The number of hydrogen-bond donors (Lipinski definition) is 1. The second kappa shape index (κ2) is 9.07. The van der Waals surface area contributed by atoms with Crippen molar-refractivity contribution >= 4 is 11.8 Å². The standard InChI is InChI=1S/C15H23N3O2/c1-3-5-10-18(9-4-2)15(20)14(19)17-12-13-7-6-8-16-11-13/h6-8,11H,3-5,9-10,12H2,1-2H3,(H,17,19). The number of pyridine rings is 1. The molecular weight excluding hydrogens is 254 g/mol. The predicted molar refractivity (Wildman–Crippen MR) is 77.9 cm³/mol. The van der Waals surface area contributed by atoms with E-state index >= 15 is 0 Å². The summed E-state index contributed by atoms with van der Waals surface area (Å²) in [7, 11) is 0. The number of rotatable bonds is 7. The van der Waals surface area contributed by atoms with Gasteiger partial charge in [-0.25, -0.2) is 0 Å². The van der Waals surface area contributed by atoms with Crippen LogP contribution in [0.5, 0.6) is 0 Å². The van der Waals surface area contributed by atoms with Crippen LogP contribution in [-0.2, 0) is 16.1 Å². The van der Waals surface area contributed by atoms with Crippen molar-refractivity contribution < 1.29 is 9.59 Å². The molecule has 0 atom stereocenters. The highest BCUT2D eigenvalue weighted by molar-refractivity contribution is 6.34. The van der Waals surface area contributed by atoms with Crippen LogP contribution >= 0.6 is 0 Å². The third-order valence-corrected chi connectivity index (χ3v) is 2.93. The number of nitrogens with one attached hydrogen (secondary N) is 1. The van der Waals surface area contributed by atoms with Crippen molar-refractivity contribution in [3.63, 3.8) is 0 Å². The van der Waals surface area contributed by atoms with Crippen molar-refractivity contribution in [1.82, 2.24) is 15.2 Å². The fourth-order valence-electron chi connectivity index (χ4n) is 1.84. The van der Waals surface area contributed by atoms with Crippen LogP contribution in [0.15, 0.2) is 24.5 Å². The molecule has 0 unspecified atom stereocenters. The topological polar surface area (TPSA) is 62.3 Å². The molecule has 0 aliphatic heterocycles. The third-order valence-electron chi connectivity index (χ3n) is 2.93. The fourth-order valence-corrected chi connectivity index (χ4v) is 1.84. The molecule has 0 saturated carbocycles. The normalized spacial score (nSPS) is 10.1. The Morgan fingerprint density at radius 2 is 2.05 bits per heavy atom. The molecule has 0 aromatic carbocycles. The van der Waals surface area contributed by atoms with Gasteiger partial charge in [0.1, 0.15) is 0 Å². The van der Waals surface area contributed by atoms with Gasteiger partial charge in [0, 0.05) is 32.0 Å². The molecule has 5 nitrogen and oxygen atoms in total. The van der Waals surface area contributed by atoms with E-state index in [9.17, 15) is 9.59 Å². The second-order valence-corrected chi connectivity index (χ2v) is 4.69. The SMILES string of the molecule is CCCCN(CCC)C(=O)C(=O)NCc1cccnc1. The highest BCUT2D eigenvalue weighted by Crippen LogP contribution is 1.99. The molecule has 0 spiro atoms. The molecule has 20 heavy (non-hydrogen) atoms. The van der Waals surface area contributed by atoms with Crippen LogP contribution in [-0.4, -0.2) is 34.8 Å². The zero-order valence-corrected chi connectivity index (χ0v) is 12.3. The summed E-state index contributed by atoms with van der Waals surface area (Å²) in [6, 6.07) is 3.66. The summed E-state index contributed by atoms with van der Waals surface area (Å²) in [6.07, 6.45) is 6.12. The fraction of sp³-hybridized carbons (Fsp3) is 0.533. The Bertz CT molecular complexity index is 420. The lowest BCUT2D eigenvalue weighted by molar-refractivity contribution is -0.146. The Morgan fingerprint density at radius 3 is 2.65 bits per heavy atom. The lowest BCUT2D eigenvalue weighted by atomic mass is 10.2. The van der Waals surface area contributed by atoms with E-state index in [0.717, 1.165) is 24.8 Å². The highest BCUT2D eigenvalue weighted by atomic mass is 16.2. The summed E-state index contributed by atoms with van der Waals surface area (Å²) < 4.78 is 0. The van der Waals surface area contributed by atoms with E-state index in [1.54, 1.807) is 23.4 Å². The average Bonchev–Trinajstić information content (AvgIpc) is 2.49. The van der Waals surface area contributed by atoms with Gasteiger partial charge in [0.15, 0.2) is 0 Å². The number of nitrogens with zero attached hydrogens (tertiary/aromatic N) is 2. The summed E-state index contributed by atoms with van der Waals surface area (Å²) in [5.41, 5.74) is 0.879. The monoisotopic (exact) mass is 277 g/mol. The minimum atomic E-state index is -0.543. The van der Waals surface area contributed by atoms with Crippen molar-refractivity contribution in [2.24, 2.45) is 0 Å². The van der Waals surface area contributed by atoms with Crippen LogP contribution in [0.25, 0.3) is 0 Å². The van der Waals surface area contributed by atoms with Gasteiger partial charge in [-0.15, -0.1) is 0 Å². The van der Waals surface area contributed by atoms with Crippen LogP contribution in [0.1, 0.15) is 38.7 Å². The Balaban J connectivity index is 2.49. The lowest BCUT2D eigenvalue weighted by Gasteiger charge is -2.21. The summed E-state index contributed by atoms with van der Waals surface area (Å²) in [4.78, 5) is 29.5. The average molecular weight is 277 g/mol. The zero-order valence-electron chi connectivity index (χ0n) is 12.3. The number of hydrogen-bond acceptors (Lipinski definition) is 3. The van der Waals surface area contributed by atoms with E-state index in [2.05, 4.69) is 17.2 Å². The smallest absolute Gasteiger partial charge is 0.311 e. The molecule has 2 amide bonds. The number of carbonyl (C=O) groups is 2. The van der Waals surface area contributed by atoms with Gasteiger partial charge in [0.05, 0.1) is 0 Å². The van der Waals surface area contributed by atoms with Gasteiger partial charge in [-0.1, -0.05) is 26.3 Å². The van der Waals surface area contributed by atoms with E-state index in [1.807, 2.05) is 13.0 Å². The Hall–Kier alpha value is -1.91. The number of unbranched alkanes of at least 4 members (excludes halogenated alkanes) is 1. The molecule has 1 aromatic heterocycles. The second-order valence-electron chi connectivity index (χ2n) is 4.69. The Kier molecular flexibility index (Phi) is 7.32.